The lowest BCUT2D eigenvalue weighted by atomic mass is 9.93. The molecule has 2 aromatic rings. The van der Waals surface area contributed by atoms with Gasteiger partial charge in [-0.05, 0) is 38.0 Å². The number of amides is 1. The lowest BCUT2D eigenvalue weighted by Gasteiger charge is -2.23. The molecule has 7 heteroatoms. The van der Waals surface area contributed by atoms with Crippen molar-refractivity contribution >= 4 is 17.6 Å². The van der Waals surface area contributed by atoms with Crippen LogP contribution in [0.3, 0.4) is 0 Å². The largest absolute Gasteiger partial charge is 0.481 e. The van der Waals surface area contributed by atoms with Gasteiger partial charge in [-0.15, -0.1) is 0 Å². The van der Waals surface area contributed by atoms with Crippen LogP contribution in [0.2, 0.25) is 0 Å². The Labute approximate surface area is 150 Å². The Balaban J connectivity index is 2.40. The number of hydrogen-bond donors (Lipinski definition) is 2. The molecule has 0 aliphatic carbocycles. The van der Waals surface area contributed by atoms with Crippen molar-refractivity contribution < 1.29 is 19.6 Å². The van der Waals surface area contributed by atoms with E-state index in [4.69, 9.17) is 0 Å². The number of hydrogen-bond acceptors (Lipinski definition) is 4. The molecular weight excluding hydrogens is 336 g/mol. The molecule has 7 nitrogen and oxygen atoms in total. The van der Waals surface area contributed by atoms with Gasteiger partial charge in [0.25, 0.3) is 11.6 Å². The molecular formula is C19H20N2O5. The van der Waals surface area contributed by atoms with E-state index in [0.29, 0.717) is 16.7 Å². The van der Waals surface area contributed by atoms with Gasteiger partial charge < -0.3 is 10.4 Å². The third-order valence-corrected chi connectivity index (χ3v) is 4.32. The Morgan fingerprint density at radius 1 is 1.12 bits per heavy atom. The molecule has 0 aliphatic rings. The summed E-state index contributed by atoms with van der Waals surface area (Å²) in [5, 5.41) is 23.2. The van der Waals surface area contributed by atoms with Crippen LogP contribution < -0.4 is 5.32 Å². The van der Waals surface area contributed by atoms with Crippen LogP contribution in [0.15, 0.2) is 42.5 Å². The summed E-state index contributed by atoms with van der Waals surface area (Å²) in [6, 6.07) is 10.8. The van der Waals surface area contributed by atoms with E-state index in [2.05, 4.69) is 5.32 Å². The van der Waals surface area contributed by atoms with Gasteiger partial charge in [-0.25, -0.2) is 0 Å². The first-order valence-electron chi connectivity index (χ1n) is 8.06. The fourth-order valence-corrected chi connectivity index (χ4v) is 2.80. The van der Waals surface area contributed by atoms with E-state index in [1.54, 1.807) is 50.2 Å². The quantitative estimate of drug-likeness (QED) is 0.609. The highest BCUT2D eigenvalue weighted by Crippen LogP contribution is 2.26. The molecule has 2 aromatic carbocycles. The maximum absolute atomic E-state index is 12.7. The number of carbonyl (C=O) groups excluding carboxylic acids is 1. The first-order valence-corrected chi connectivity index (χ1v) is 8.06. The summed E-state index contributed by atoms with van der Waals surface area (Å²) < 4.78 is 0. The van der Waals surface area contributed by atoms with Crippen molar-refractivity contribution in [1.82, 2.24) is 5.32 Å². The Hall–Kier alpha value is -3.22. The molecule has 2 atom stereocenters. The molecule has 0 spiro atoms. The zero-order chi connectivity index (χ0) is 19.4. The maximum Gasteiger partial charge on any atom is 0.308 e. The monoisotopic (exact) mass is 356 g/mol. The van der Waals surface area contributed by atoms with Crippen LogP contribution in [-0.2, 0) is 4.79 Å². The maximum atomic E-state index is 12.7. The van der Waals surface area contributed by atoms with Crippen LogP contribution in [0.5, 0.6) is 0 Å². The summed E-state index contributed by atoms with van der Waals surface area (Å²) in [6.07, 6.45) is 0. The summed E-state index contributed by atoms with van der Waals surface area (Å²) in [5.74, 6) is -2.47. The first-order chi connectivity index (χ1) is 12.2. The third kappa shape index (κ3) is 4.05. The van der Waals surface area contributed by atoms with E-state index in [1.807, 2.05) is 0 Å². The number of nitrogens with zero attached hydrogens (tertiary/aromatic N) is 1. The molecule has 0 heterocycles. The smallest absolute Gasteiger partial charge is 0.308 e. The minimum Gasteiger partial charge on any atom is -0.481 e. The summed E-state index contributed by atoms with van der Waals surface area (Å²) in [4.78, 5) is 34.8. The molecule has 2 unspecified atom stereocenters. The Kier molecular flexibility index (Phi) is 5.71. The predicted molar refractivity (Wildman–Crippen MR) is 96.0 cm³/mol. The molecule has 0 aliphatic heterocycles. The summed E-state index contributed by atoms with van der Waals surface area (Å²) in [5.41, 5.74) is 1.70. The van der Waals surface area contributed by atoms with Crippen molar-refractivity contribution in [2.75, 3.05) is 0 Å². The predicted octanol–water partition coefficient (Wildman–Crippen LogP) is 3.40. The van der Waals surface area contributed by atoms with E-state index < -0.39 is 28.8 Å². The molecule has 2 rings (SSSR count). The minimum absolute atomic E-state index is 0.150. The standard InChI is InChI=1S/C19H20N2O5/c1-11-9-12(2)16(21(25)26)10-15(11)18(22)20-17(13(3)19(23)24)14-7-5-4-6-8-14/h4-10,13,17H,1-3H3,(H,20,22)(H,23,24). The summed E-state index contributed by atoms with van der Waals surface area (Å²) in [7, 11) is 0. The van der Waals surface area contributed by atoms with Gasteiger partial charge >= 0.3 is 5.97 Å². The highest BCUT2D eigenvalue weighted by Gasteiger charge is 2.28. The van der Waals surface area contributed by atoms with Crippen LogP contribution in [0.1, 0.15) is 40.0 Å². The second-order valence-electron chi connectivity index (χ2n) is 6.20. The van der Waals surface area contributed by atoms with Crippen molar-refractivity contribution in [2.24, 2.45) is 5.92 Å². The molecule has 1 amide bonds. The van der Waals surface area contributed by atoms with Crippen molar-refractivity contribution in [3.05, 3.63) is 74.8 Å². The van der Waals surface area contributed by atoms with Crippen LogP contribution in [-0.4, -0.2) is 21.9 Å². The van der Waals surface area contributed by atoms with Crippen LogP contribution in [0, 0.1) is 29.9 Å². The van der Waals surface area contributed by atoms with Crippen molar-refractivity contribution in [3.8, 4) is 0 Å². The van der Waals surface area contributed by atoms with Crippen LogP contribution >= 0.6 is 0 Å². The zero-order valence-electron chi connectivity index (χ0n) is 14.7. The second-order valence-corrected chi connectivity index (χ2v) is 6.20. The highest BCUT2D eigenvalue weighted by molar-refractivity contribution is 5.97. The fraction of sp³-hybridized carbons (Fsp3) is 0.263. The van der Waals surface area contributed by atoms with Gasteiger partial charge in [-0.1, -0.05) is 30.3 Å². The number of carboxylic acid groups (broad SMARTS) is 1. The van der Waals surface area contributed by atoms with Crippen molar-refractivity contribution in [3.63, 3.8) is 0 Å². The third-order valence-electron chi connectivity index (χ3n) is 4.32. The van der Waals surface area contributed by atoms with Gasteiger partial charge in [-0.3, -0.25) is 19.7 Å². The zero-order valence-corrected chi connectivity index (χ0v) is 14.7. The number of rotatable bonds is 6. The van der Waals surface area contributed by atoms with E-state index in [-0.39, 0.29) is 11.3 Å². The van der Waals surface area contributed by atoms with E-state index in [9.17, 15) is 24.8 Å². The SMILES string of the molecule is Cc1cc(C)c([N+](=O)[O-])cc1C(=O)NC(c1ccccc1)C(C)C(=O)O. The molecule has 0 radical (unpaired) electrons. The molecule has 0 aromatic heterocycles. The summed E-state index contributed by atoms with van der Waals surface area (Å²) in [6.45, 7) is 4.79. The number of carbonyl (C=O) groups is 2. The summed E-state index contributed by atoms with van der Waals surface area (Å²) >= 11 is 0. The molecule has 136 valence electrons. The fourth-order valence-electron chi connectivity index (χ4n) is 2.80. The molecule has 0 saturated heterocycles. The number of nitro groups is 1. The molecule has 0 bridgehead atoms. The molecule has 0 fully saturated rings. The number of aliphatic carboxylic acids is 1. The number of benzene rings is 2. The Bertz CT molecular complexity index is 849. The minimum atomic E-state index is -1.05. The van der Waals surface area contributed by atoms with Crippen molar-refractivity contribution in [1.29, 1.82) is 0 Å². The van der Waals surface area contributed by atoms with Gasteiger partial charge in [-0.2, -0.15) is 0 Å². The van der Waals surface area contributed by atoms with E-state index in [0.717, 1.165) is 0 Å². The van der Waals surface area contributed by atoms with Gasteiger partial charge in [0.05, 0.1) is 16.9 Å². The Morgan fingerprint density at radius 3 is 2.27 bits per heavy atom. The normalized spacial score (nSPS) is 12.9. The van der Waals surface area contributed by atoms with E-state index in [1.165, 1.54) is 13.0 Å². The number of carboxylic acids is 1. The van der Waals surface area contributed by atoms with Gasteiger partial charge in [0.15, 0.2) is 0 Å². The highest BCUT2D eigenvalue weighted by atomic mass is 16.6. The number of nitrogens with one attached hydrogen (secondary N) is 1. The van der Waals surface area contributed by atoms with Gasteiger partial charge in [0, 0.05) is 17.2 Å². The van der Waals surface area contributed by atoms with Crippen molar-refractivity contribution in [2.45, 2.75) is 26.8 Å². The van der Waals surface area contributed by atoms with Crippen LogP contribution in [0.4, 0.5) is 5.69 Å². The molecule has 26 heavy (non-hydrogen) atoms. The average molecular weight is 356 g/mol. The average Bonchev–Trinajstić information content (AvgIpc) is 2.59. The molecule has 2 N–H and O–H groups in total. The number of nitro benzene ring substituents is 1. The molecule has 0 saturated carbocycles. The van der Waals surface area contributed by atoms with Gasteiger partial charge in [0.2, 0.25) is 0 Å². The van der Waals surface area contributed by atoms with Crippen LogP contribution in [0.25, 0.3) is 0 Å². The lowest BCUT2D eigenvalue weighted by molar-refractivity contribution is -0.385. The van der Waals surface area contributed by atoms with Gasteiger partial charge in [0.1, 0.15) is 0 Å². The van der Waals surface area contributed by atoms with E-state index >= 15 is 0 Å². The lowest BCUT2D eigenvalue weighted by Crippen LogP contribution is -2.36. The Morgan fingerprint density at radius 2 is 1.73 bits per heavy atom. The second kappa shape index (κ2) is 7.77. The first kappa shape index (κ1) is 19.1. The topological polar surface area (TPSA) is 110 Å². The number of aryl methyl sites for hydroxylation is 2.